The lowest BCUT2D eigenvalue weighted by Gasteiger charge is -2.06. The van der Waals surface area contributed by atoms with E-state index in [0.717, 1.165) is 0 Å². The number of hydrogen-bond acceptors (Lipinski definition) is 1. The zero-order valence-electron chi connectivity index (χ0n) is 10.2. The second-order valence-corrected chi connectivity index (χ2v) is 8.41. The minimum atomic E-state index is -0.743. The Balaban J connectivity index is 2.20. The molecule has 85 valence electrons. The van der Waals surface area contributed by atoms with Crippen LogP contribution in [0.2, 0.25) is 13.1 Å². The Hall–Kier alpha value is -1.33. The summed E-state index contributed by atoms with van der Waals surface area (Å²) in [5, 5.41) is 2.80. The summed E-state index contributed by atoms with van der Waals surface area (Å²) in [6, 6.07) is 21.3. The smallest absolute Gasteiger partial charge is 0.213 e. The van der Waals surface area contributed by atoms with Crippen LogP contribution in [0.5, 0.6) is 0 Å². The lowest BCUT2D eigenvalue weighted by molar-refractivity contribution is 1.68. The SMILES string of the molecule is C[Si](/N=[Si](\C)c1ccccc1)c1ccccc1. The molecule has 0 aromatic heterocycles. The van der Waals surface area contributed by atoms with Crippen molar-refractivity contribution in [2.24, 2.45) is 4.30 Å². The first-order valence-electron chi connectivity index (χ1n) is 5.77. The van der Waals surface area contributed by atoms with Gasteiger partial charge >= 0.3 is 0 Å². The van der Waals surface area contributed by atoms with E-state index in [1.807, 2.05) is 0 Å². The first-order chi connectivity index (χ1) is 8.27. The molecule has 0 N–H and O–H groups in total. The molecule has 1 radical (unpaired) electrons. The normalized spacial score (nSPS) is 11.8. The third-order valence-corrected chi connectivity index (χ3v) is 7.74. The van der Waals surface area contributed by atoms with E-state index in [1.165, 1.54) is 10.4 Å². The maximum atomic E-state index is 5.02. The standard InChI is InChI=1S/C14H16NSi2/c1-16(13-9-5-3-6-10-13)15-17(2)14-11-7-4-8-12-14/h3-12H,1-2H3/b16-15+. The van der Waals surface area contributed by atoms with Crippen molar-refractivity contribution in [3.63, 3.8) is 0 Å². The fourth-order valence-corrected chi connectivity index (χ4v) is 6.13. The summed E-state index contributed by atoms with van der Waals surface area (Å²) >= 11 is 0. The molecule has 17 heavy (non-hydrogen) atoms. The van der Waals surface area contributed by atoms with E-state index in [0.29, 0.717) is 0 Å². The van der Waals surface area contributed by atoms with Gasteiger partial charge in [0.2, 0.25) is 8.96 Å². The van der Waals surface area contributed by atoms with E-state index in [2.05, 4.69) is 73.8 Å². The van der Waals surface area contributed by atoms with Gasteiger partial charge in [-0.3, -0.25) is 0 Å². The highest BCUT2D eigenvalue weighted by atomic mass is 28.3. The average molecular weight is 254 g/mol. The lowest BCUT2D eigenvalue weighted by Crippen LogP contribution is -2.29. The number of rotatable bonds is 3. The molecule has 0 saturated heterocycles. The molecule has 0 aliphatic heterocycles. The van der Waals surface area contributed by atoms with Gasteiger partial charge in [-0.05, 0) is 23.5 Å². The van der Waals surface area contributed by atoms with Crippen molar-refractivity contribution in [2.75, 3.05) is 0 Å². The maximum absolute atomic E-state index is 5.02. The predicted octanol–water partition coefficient (Wildman–Crippen LogP) is 2.31. The van der Waals surface area contributed by atoms with Crippen LogP contribution in [0.3, 0.4) is 0 Å². The summed E-state index contributed by atoms with van der Waals surface area (Å²) in [6.45, 7) is 4.55. The van der Waals surface area contributed by atoms with E-state index < -0.39 is 17.5 Å². The first kappa shape index (κ1) is 12.1. The minimum absolute atomic E-state index is 0.743. The van der Waals surface area contributed by atoms with Gasteiger partial charge in [-0.2, -0.15) is 0 Å². The first-order valence-corrected chi connectivity index (χ1v) is 9.66. The van der Waals surface area contributed by atoms with Crippen molar-refractivity contribution < 1.29 is 0 Å². The van der Waals surface area contributed by atoms with Crippen LogP contribution in [0.1, 0.15) is 0 Å². The largest absolute Gasteiger partial charge is 0.358 e. The van der Waals surface area contributed by atoms with Gasteiger partial charge in [-0.1, -0.05) is 60.7 Å². The van der Waals surface area contributed by atoms with Crippen molar-refractivity contribution in [3.8, 4) is 0 Å². The van der Waals surface area contributed by atoms with Crippen LogP contribution < -0.4 is 10.4 Å². The summed E-state index contributed by atoms with van der Waals surface area (Å²) in [5.41, 5.74) is 0. The van der Waals surface area contributed by atoms with Crippen LogP contribution in [0.25, 0.3) is 0 Å². The monoisotopic (exact) mass is 254 g/mol. The van der Waals surface area contributed by atoms with Crippen LogP contribution in [0.15, 0.2) is 65.0 Å². The molecule has 3 heteroatoms. The van der Waals surface area contributed by atoms with Gasteiger partial charge in [-0.25, -0.2) is 0 Å². The lowest BCUT2D eigenvalue weighted by atomic mass is 10.4. The second-order valence-electron chi connectivity index (χ2n) is 4.01. The molecule has 0 bridgehead atoms. The minimum Gasteiger partial charge on any atom is -0.358 e. The molecule has 0 spiro atoms. The topological polar surface area (TPSA) is 12.4 Å². The summed E-state index contributed by atoms with van der Waals surface area (Å²) in [7, 11) is -1.49. The molecule has 2 aromatic carbocycles. The Bertz CT molecular complexity index is 494. The predicted molar refractivity (Wildman–Crippen MR) is 77.8 cm³/mol. The van der Waals surface area contributed by atoms with Crippen LogP contribution >= 0.6 is 0 Å². The van der Waals surface area contributed by atoms with Gasteiger partial charge in [-0.15, -0.1) is 0 Å². The molecule has 1 nitrogen and oxygen atoms in total. The van der Waals surface area contributed by atoms with E-state index in [4.69, 9.17) is 4.30 Å². The number of benzene rings is 2. The molecular formula is C14H16NSi2. The van der Waals surface area contributed by atoms with Crippen LogP contribution in [-0.4, -0.2) is 17.5 Å². The average Bonchev–Trinajstić information content (AvgIpc) is 2.40. The molecule has 0 unspecified atom stereocenters. The highest BCUT2D eigenvalue weighted by Crippen LogP contribution is 1.92. The van der Waals surface area contributed by atoms with Gasteiger partial charge in [0.05, 0.1) is 0 Å². The van der Waals surface area contributed by atoms with Crippen LogP contribution in [0.4, 0.5) is 0 Å². The van der Waals surface area contributed by atoms with E-state index in [1.54, 1.807) is 0 Å². The summed E-state index contributed by atoms with van der Waals surface area (Å²) in [6.07, 6.45) is 0. The third-order valence-electron chi connectivity index (χ3n) is 2.72. The summed E-state index contributed by atoms with van der Waals surface area (Å²) in [5.74, 6) is 0. The molecule has 2 aromatic rings. The molecule has 0 fully saturated rings. The zero-order valence-corrected chi connectivity index (χ0v) is 12.2. The van der Waals surface area contributed by atoms with Crippen molar-refractivity contribution in [1.82, 2.24) is 0 Å². The third kappa shape index (κ3) is 3.31. The molecule has 0 aliphatic carbocycles. The Labute approximate surface area is 106 Å². The fraction of sp³-hybridized carbons (Fsp3) is 0.143. The molecule has 0 amide bonds. The summed E-state index contributed by atoms with van der Waals surface area (Å²) in [4.78, 5) is 0. The molecule has 0 aliphatic rings. The Morgan fingerprint density at radius 2 is 1.18 bits per heavy atom. The van der Waals surface area contributed by atoms with Crippen molar-refractivity contribution >= 4 is 27.9 Å². The van der Waals surface area contributed by atoms with Gasteiger partial charge < -0.3 is 4.30 Å². The van der Waals surface area contributed by atoms with Gasteiger partial charge in [0.15, 0.2) is 0 Å². The van der Waals surface area contributed by atoms with Crippen LogP contribution in [-0.2, 0) is 0 Å². The number of nitrogens with zero attached hydrogens (tertiary/aromatic N) is 1. The van der Waals surface area contributed by atoms with Gasteiger partial charge in [0.25, 0.3) is 0 Å². The van der Waals surface area contributed by atoms with Crippen molar-refractivity contribution in [3.05, 3.63) is 60.7 Å². The molecule has 0 saturated carbocycles. The molecule has 0 atom stereocenters. The molecule has 0 heterocycles. The highest BCUT2D eigenvalue weighted by molar-refractivity contribution is 6.78. The Kier molecular flexibility index (Phi) is 4.17. The number of hydrogen-bond donors (Lipinski definition) is 0. The highest BCUT2D eigenvalue weighted by Gasteiger charge is 2.07. The van der Waals surface area contributed by atoms with Gasteiger partial charge in [0.1, 0.15) is 8.59 Å². The summed E-state index contributed by atoms with van der Waals surface area (Å²) < 4.78 is 5.02. The second kappa shape index (κ2) is 5.84. The van der Waals surface area contributed by atoms with E-state index in [-0.39, 0.29) is 0 Å². The molecule has 2 rings (SSSR count). The van der Waals surface area contributed by atoms with E-state index >= 15 is 0 Å². The Morgan fingerprint density at radius 3 is 1.71 bits per heavy atom. The van der Waals surface area contributed by atoms with Crippen molar-refractivity contribution in [2.45, 2.75) is 13.1 Å². The zero-order chi connectivity index (χ0) is 12.1. The maximum Gasteiger partial charge on any atom is 0.213 e. The fourth-order valence-electron chi connectivity index (χ4n) is 1.74. The Morgan fingerprint density at radius 1 is 0.706 bits per heavy atom. The van der Waals surface area contributed by atoms with Crippen molar-refractivity contribution in [1.29, 1.82) is 0 Å². The quantitative estimate of drug-likeness (QED) is 0.746. The van der Waals surface area contributed by atoms with E-state index in [9.17, 15) is 0 Å². The van der Waals surface area contributed by atoms with Gasteiger partial charge in [0, 0.05) is 0 Å². The van der Waals surface area contributed by atoms with Crippen LogP contribution in [0, 0.1) is 0 Å². The molecular weight excluding hydrogens is 238 g/mol.